The Balaban J connectivity index is 0.00000186. The number of amides is 1. The fourth-order valence-corrected chi connectivity index (χ4v) is 4.65. The van der Waals surface area contributed by atoms with Crippen LogP contribution in [0.5, 0.6) is 5.75 Å². The number of likely N-dealkylation sites (tertiary alicyclic amines) is 1. The molecule has 0 radical (unpaired) electrons. The van der Waals surface area contributed by atoms with E-state index in [1.807, 2.05) is 64.0 Å². The Kier molecular flexibility index (Phi) is 9.75. The van der Waals surface area contributed by atoms with E-state index >= 15 is 0 Å². The van der Waals surface area contributed by atoms with Crippen molar-refractivity contribution in [1.82, 2.24) is 15.1 Å². The lowest BCUT2D eigenvalue weighted by Crippen LogP contribution is -2.47. The molecule has 0 spiro atoms. The molecule has 0 saturated carbocycles. The molecule has 200 valence electrons. The second-order valence-electron chi connectivity index (χ2n) is 9.98. The molecule has 0 aliphatic carbocycles. The summed E-state index contributed by atoms with van der Waals surface area (Å²) in [5.41, 5.74) is 3.91. The Labute approximate surface area is 221 Å². The van der Waals surface area contributed by atoms with Crippen molar-refractivity contribution >= 4 is 6.09 Å². The highest BCUT2D eigenvalue weighted by molar-refractivity contribution is 5.68. The molecule has 0 atom stereocenters. The van der Waals surface area contributed by atoms with Crippen molar-refractivity contribution in [2.24, 2.45) is 0 Å². The van der Waals surface area contributed by atoms with Gasteiger partial charge in [-0.15, -0.1) is 0 Å². The van der Waals surface area contributed by atoms with Crippen LogP contribution in [0.25, 0.3) is 11.1 Å². The Bertz CT molecular complexity index is 1080. The number of piperidine rings is 1. The second kappa shape index (κ2) is 12.8. The molecule has 2 heterocycles. The molecule has 1 fully saturated rings. The smallest absolute Gasteiger partial charge is 0.410 e. The van der Waals surface area contributed by atoms with E-state index in [0.29, 0.717) is 26.3 Å². The van der Waals surface area contributed by atoms with Crippen LogP contribution in [-0.2, 0) is 14.9 Å². The van der Waals surface area contributed by atoms with Crippen molar-refractivity contribution in [1.29, 1.82) is 0 Å². The van der Waals surface area contributed by atoms with E-state index in [0.717, 1.165) is 29.7 Å². The standard InChI is InChI=1S/C28H35N3O4.C2H6/c1-27(2,3)35-26(32)31-15-13-28(14-16-31,24-9-11-25(12-10-24)34-18-17-33-4)23-7-5-21(6-8-23)22-19-29-30-20-22;1-2/h5-12,19-20H,13-18H2,1-4H3,(H,29,30);1-2H3. The number of benzene rings is 2. The van der Waals surface area contributed by atoms with Gasteiger partial charge in [-0.3, -0.25) is 5.10 Å². The van der Waals surface area contributed by atoms with Crippen LogP contribution in [-0.4, -0.2) is 60.2 Å². The van der Waals surface area contributed by atoms with Gasteiger partial charge >= 0.3 is 6.09 Å². The predicted octanol–water partition coefficient (Wildman–Crippen LogP) is 6.45. The van der Waals surface area contributed by atoms with Gasteiger partial charge in [-0.2, -0.15) is 5.10 Å². The van der Waals surface area contributed by atoms with Crippen molar-refractivity contribution in [3.8, 4) is 16.9 Å². The fourth-order valence-electron chi connectivity index (χ4n) is 4.65. The molecule has 2 aromatic carbocycles. The molecule has 1 amide bonds. The van der Waals surface area contributed by atoms with Crippen LogP contribution in [0.3, 0.4) is 0 Å². The lowest BCUT2D eigenvalue weighted by molar-refractivity contribution is 0.0180. The maximum Gasteiger partial charge on any atom is 0.410 e. The summed E-state index contributed by atoms with van der Waals surface area (Å²) in [6, 6.07) is 17.0. The summed E-state index contributed by atoms with van der Waals surface area (Å²) in [4.78, 5) is 14.5. The minimum Gasteiger partial charge on any atom is -0.491 e. The lowest BCUT2D eigenvalue weighted by atomic mass is 9.68. The van der Waals surface area contributed by atoms with E-state index in [9.17, 15) is 4.79 Å². The average Bonchev–Trinajstić information content (AvgIpc) is 3.45. The van der Waals surface area contributed by atoms with Gasteiger partial charge in [0.05, 0.1) is 12.8 Å². The molecule has 1 N–H and O–H groups in total. The van der Waals surface area contributed by atoms with E-state index in [4.69, 9.17) is 14.2 Å². The zero-order chi connectivity index (χ0) is 26.9. The molecular formula is C30H41N3O4. The van der Waals surface area contributed by atoms with Crippen molar-refractivity contribution in [3.05, 3.63) is 72.1 Å². The van der Waals surface area contributed by atoms with Crippen LogP contribution in [0, 0.1) is 0 Å². The Morgan fingerprint density at radius 1 is 0.946 bits per heavy atom. The van der Waals surface area contributed by atoms with Crippen LogP contribution >= 0.6 is 0 Å². The van der Waals surface area contributed by atoms with Gasteiger partial charge in [0.1, 0.15) is 18.0 Å². The summed E-state index contributed by atoms with van der Waals surface area (Å²) >= 11 is 0. The molecule has 1 saturated heterocycles. The number of nitrogens with zero attached hydrogens (tertiary/aromatic N) is 2. The Hall–Kier alpha value is -3.32. The van der Waals surface area contributed by atoms with Crippen LogP contribution in [0.4, 0.5) is 4.79 Å². The number of H-pyrrole nitrogens is 1. The Morgan fingerprint density at radius 2 is 1.54 bits per heavy atom. The van der Waals surface area contributed by atoms with Gasteiger partial charge < -0.3 is 19.1 Å². The van der Waals surface area contributed by atoms with Gasteiger partial charge in [0.15, 0.2) is 0 Å². The first-order valence-corrected chi connectivity index (χ1v) is 13.1. The molecule has 1 aliphatic heterocycles. The van der Waals surface area contributed by atoms with Gasteiger partial charge in [0.25, 0.3) is 0 Å². The van der Waals surface area contributed by atoms with Crippen molar-refractivity contribution in [2.75, 3.05) is 33.4 Å². The first kappa shape index (κ1) is 28.3. The fraction of sp³-hybridized carbons (Fsp3) is 0.467. The Morgan fingerprint density at radius 3 is 2.05 bits per heavy atom. The maximum absolute atomic E-state index is 12.7. The van der Waals surface area contributed by atoms with E-state index in [-0.39, 0.29) is 11.5 Å². The van der Waals surface area contributed by atoms with E-state index in [1.54, 1.807) is 7.11 Å². The van der Waals surface area contributed by atoms with Crippen molar-refractivity contribution in [2.45, 2.75) is 58.5 Å². The van der Waals surface area contributed by atoms with Crippen LogP contribution in [0.15, 0.2) is 60.9 Å². The number of aromatic amines is 1. The minimum atomic E-state index is -0.507. The molecule has 7 nitrogen and oxygen atoms in total. The van der Waals surface area contributed by atoms with Gasteiger partial charge in [-0.25, -0.2) is 4.79 Å². The molecule has 4 rings (SSSR count). The van der Waals surface area contributed by atoms with Crippen LogP contribution in [0.2, 0.25) is 0 Å². The third-order valence-electron chi connectivity index (χ3n) is 6.50. The molecule has 37 heavy (non-hydrogen) atoms. The first-order chi connectivity index (χ1) is 17.8. The lowest BCUT2D eigenvalue weighted by Gasteiger charge is -2.43. The third kappa shape index (κ3) is 7.13. The average molecular weight is 508 g/mol. The summed E-state index contributed by atoms with van der Waals surface area (Å²) in [5.74, 6) is 0.822. The summed E-state index contributed by atoms with van der Waals surface area (Å²) < 4.78 is 16.5. The minimum absolute atomic E-state index is 0.210. The third-order valence-corrected chi connectivity index (χ3v) is 6.50. The number of hydrogen-bond acceptors (Lipinski definition) is 5. The maximum atomic E-state index is 12.7. The number of carbonyl (C=O) groups is 1. The number of methoxy groups -OCH3 is 1. The molecule has 0 unspecified atom stereocenters. The molecule has 1 aromatic heterocycles. The van der Waals surface area contributed by atoms with Gasteiger partial charge in [-0.05, 0) is 62.4 Å². The second-order valence-corrected chi connectivity index (χ2v) is 9.98. The van der Waals surface area contributed by atoms with E-state index < -0.39 is 5.60 Å². The predicted molar refractivity (Wildman–Crippen MR) is 147 cm³/mol. The topological polar surface area (TPSA) is 76.7 Å². The van der Waals surface area contributed by atoms with Crippen LogP contribution < -0.4 is 4.74 Å². The number of carbonyl (C=O) groups excluding carboxylic acids is 1. The summed E-state index contributed by atoms with van der Waals surface area (Å²) in [6.07, 6.45) is 5.09. The molecule has 7 heteroatoms. The van der Waals surface area contributed by atoms with Crippen LogP contribution in [0.1, 0.15) is 58.6 Å². The number of ether oxygens (including phenoxy) is 3. The number of nitrogens with one attached hydrogen (secondary N) is 1. The monoisotopic (exact) mass is 507 g/mol. The quantitative estimate of drug-likeness (QED) is 0.372. The summed E-state index contributed by atoms with van der Waals surface area (Å²) in [5, 5.41) is 6.94. The van der Waals surface area contributed by atoms with Gasteiger partial charge in [-0.1, -0.05) is 50.2 Å². The normalized spacial score (nSPS) is 14.9. The SMILES string of the molecule is CC.COCCOc1ccc(C2(c3ccc(-c4cn[nH]c4)cc3)CCN(C(=O)OC(C)(C)C)CC2)cc1. The molecule has 1 aliphatic rings. The highest BCUT2D eigenvalue weighted by Crippen LogP contribution is 2.43. The zero-order valence-corrected chi connectivity index (χ0v) is 23.0. The number of aromatic nitrogens is 2. The molecule has 0 bridgehead atoms. The largest absolute Gasteiger partial charge is 0.491 e. The summed E-state index contributed by atoms with van der Waals surface area (Å²) in [7, 11) is 1.66. The van der Waals surface area contributed by atoms with Crippen molar-refractivity contribution < 1.29 is 19.0 Å². The highest BCUT2D eigenvalue weighted by atomic mass is 16.6. The number of rotatable bonds is 7. The van der Waals surface area contributed by atoms with Crippen molar-refractivity contribution in [3.63, 3.8) is 0 Å². The summed E-state index contributed by atoms with van der Waals surface area (Å²) in [6.45, 7) is 12.0. The van der Waals surface area contributed by atoms with E-state index in [2.05, 4.69) is 46.6 Å². The molecular weight excluding hydrogens is 466 g/mol. The highest BCUT2D eigenvalue weighted by Gasteiger charge is 2.40. The van der Waals surface area contributed by atoms with Gasteiger partial charge in [0, 0.05) is 37.4 Å². The zero-order valence-electron chi connectivity index (χ0n) is 23.0. The number of hydrogen-bond donors (Lipinski definition) is 1. The molecule has 3 aromatic rings. The first-order valence-electron chi connectivity index (χ1n) is 13.1. The van der Waals surface area contributed by atoms with E-state index in [1.165, 1.54) is 11.1 Å². The van der Waals surface area contributed by atoms with Gasteiger partial charge in [0.2, 0.25) is 0 Å².